The number of aryl methyl sites for hydroxylation is 1. The van der Waals surface area contributed by atoms with Crippen molar-refractivity contribution < 1.29 is 9.90 Å². The van der Waals surface area contributed by atoms with E-state index in [0.29, 0.717) is 11.5 Å². The van der Waals surface area contributed by atoms with E-state index in [2.05, 4.69) is 41.1 Å². The lowest BCUT2D eigenvalue weighted by Gasteiger charge is -2.37. The van der Waals surface area contributed by atoms with Crippen LogP contribution < -0.4 is 15.5 Å². The first-order valence-electron chi connectivity index (χ1n) is 7.60. The average Bonchev–Trinajstić information content (AvgIpc) is 2.56. The van der Waals surface area contributed by atoms with Gasteiger partial charge in [0.05, 0.1) is 11.9 Å². The molecule has 0 aliphatic carbocycles. The predicted octanol–water partition coefficient (Wildman–Crippen LogP) is 2.00. The van der Waals surface area contributed by atoms with Crippen LogP contribution in [0.15, 0.2) is 36.5 Å². The van der Waals surface area contributed by atoms with Gasteiger partial charge in [-0.15, -0.1) is 0 Å². The Morgan fingerprint density at radius 1 is 1.13 bits per heavy atom. The molecule has 2 aromatic rings. The number of carbonyl (C=O) groups is 1. The summed E-state index contributed by atoms with van der Waals surface area (Å²) < 4.78 is 0. The van der Waals surface area contributed by atoms with Crippen LogP contribution in [0, 0.1) is 6.92 Å². The number of anilines is 3. The van der Waals surface area contributed by atoms with Crippen molar-refractivity contribution in [2.45, 2.75) is 6.92 Å². The van der Waals surface area contributed by atoms with Crippen molar-refractivity contribution in [2.24, 2.45) is 0 Å². The summed E-state index contributed by atoms with van der Waals surface area (Å²) in [4.78, 5) is 19.9. The van der Waals surface area contributed by atoms with Crippen molar-refractivity contribution in [1.82, 2.24) is 4.98 Å². The van der Waals surface area contributed by atoms with Crippen molar-refractivity contribution in [1.29, 1.82) is 0 Å². The highest BCUT2D eigenvalue weighted by Gasteiger charge is 2.23. The molecule has 3 rings (SSSR count). The molecule has 120 valence electrons. The van der Waals surface area contributed by atoms with E-state index < -0.39 is 5.97 Å². The fourth-order valence-corrected chi connectivity index (χ4v) is 2.82. The van der Waals surface area contributed by atoms with Gasteiger partial charge in [-0.05, 0) is 25.1 Å². The van der Waals surface area contributed by atoms with Crippen LogP contribution in [0.4, 0.5) is 17.2 Å². The number of nitrogen functional groups attached to an aromatic ring is 1. The monoisotopic (exact) mass is 312 g/mol. The van der Waals surface area contributed by atoms with Crippen LogP contribution in [0.1, 0.15) is 15.9 Å². The van der Waals surface area contributed by atoms with Gasteiger partial charge >= 0.3 is 5.97 Å². The number of hydrogen-bond donors (Lipinski definition) is 2. The lowest BCUT2D eigenvalue weighted by molar-refractivity contribution is 0.0697. The van der Waals surface area contributed by atoms with Crippen LogP contribution in [0.5, 0.6) is 0 Å². The van der Waals surface area contributed by atoms with E-state index >= 15 is 0 Å². The molecule has 1 fully saturated rings. The molecule has 0 spiro atoms. The summed E-state index contributed by atoms with van der Waals surface area (Å²) in [5, 5.41) is 9.34. The van der Waals surface area contributed by atoms with E-state index in [-0.39, 0.29) is 5.56 Å². The molecule has 3 N–H and O–H groups in total. The fraction of sp³-hybridized carbons (Fsp3) is 0.294. The van der Waals surface area contributed by atoms with Crippen molar-refractivity contribution in [3.05, 3.63) is 47.7 Å². The van der Waals surface area contributed by atoms with E-state index in [4.69, 9.17) is 5.73 Å². The SMILES string of the molecule is Cc1ccc(N2CCN(c3ncc(N)cc3C(=O)O)CC2)cc1. The molecule has 0 saturated carbocycles. The van der Waals surface area contributed by atoms with Gasteiger partial charge in [0.15, 0.2) is 0 Å². The molecule has 6 nitrogen and oxygen atoms in total. The van der Waals surface area contributed by atoms with Crippen molar-refractivity contribution >= 4 is 23.2 Å². The number of carboxylic acid groups (broad SMARTS) is 1. The van der Waals surface area contributed by atoms with Gasteiger partial charge in [-0.25, -0.2) is 9.78 Å². The third kappa shape index (κ3) is 3.21. The molecular weight excluding hydrogens is 292 g/mol. The molecule has 0 bridgehead atoms. The zero-order valence-electron chi connectivity index (χ0n) is 13.1. The number of hydrogen-bond acceptors (Lipinski definition) is 5. The first-order valence-corrected chi connectivity index (χ1v) is 7.60. The lowest BCUT2D eigenvalue weighted by atomic mass is 10.2. The Bertz CT molecular complexity index is 707. The summed E-state index contributed by atoms with van der Waals surface area (Å²) in [5.41, 5.74) is 8.61. The summed E-state index contributed by atoms with van der Waals surface area (Å²) in [7, 11) is 0. The Hall–Kier alpha value is -2.76. The maximum absolute atomic E-state index is 11.4. The molecule has 0 atom stereocenters. The van der Waals surface area contributed by atoms with Crippen molar-refractivity contribution in [2.75, 3.05) is 41.7 Å². The molecule has 1 aliphatic rings. The minimum Gasteiger partial charge on any atom is -0.478 e. The molecule has 23 heavy (non-hydrogen) atoms. The summed E-state index contributed by atoms with van der Waals surface area (Å²) in [6.45, 7) is 5.18. The number of nitrogens with zero attached hydrogens (tertiary/aromatic N) is 3. The molecule has 2 heterocycles. The van der Waals surface area contributed by atoms with Gasteiger partial charge in [0.1, 0.15) is 11.4 Å². The van der Waals surface area contributed by atoms with Crippen LogP contribution in [-0.4, -0.2) is 42.2 Å². The highest BCUT2D eigenvalue weighted by atomic mass is 16.4. The maximum Gasteiger partial charge on any atom is 0.339 e. The summed E-state index contributed by atoms with van der Waals surface area (Å²) in [5.74, 6) is -0.504. The van der Waals surface area contributed by atoms with Crippen LogP contribution >= 0.6 is 0 Å². The summed E-state index contributed by atoms with van der Waals surface area (Å²) >= 11 is 0. The first-order chi connectivity index (χ1) is 11.0. The Balaban J connectivity index is 1.74. The van der Waals surface area contributed by atoms with Gasteiger partial charge in [0, 0.05) is 31.9 Å². The number of nitrogens with two attached hydrogens (primary N) is 1. The normalized spacial score (nSPS) is 14.8. The zero-order chi connectivity index (χ0) is 16.4. The highest BCUT2D eigenvalue weighted by Crippen LogP contribution is 2.23. The number of pyridine rings is 1. The molecule has 0 radical (unpaired) electrons. The van der Waals surface area contributed by atoms with Crippen LogP contribution in [0.2, 0.25) is 0 Å². The standard InChI is InChI=1S/C17H20N4O2/c1-12-2-4-14(5-3-12)20-6-8-21(9-7-20)16-15(17(22)23)10-13(18)11-19-16/h2-5,10-11H,6-9,18H2,1H3,(H,22,23). The third-order valence-corrected chi connectivity index (χ3v) is 4.10. The van der Waals surface area contributed by atoms with Gasteiger partial charge in [0.2, 0.25) is 0 Å². The molecule has 1 aromatic heterocycles. The Kier molecular flexibility index (Phi) is 4.06. The molecule has 1 saturated heterocycles. The Labute approximate surface area is 135 Å². The highest BCUT2D eigenvalue weighted by molar-refractivity contribution is 5.94. The minimum absolute atomic E-state index is 0.161. The van der Waals surface area contributed by atoms with E-state index in [1.165, 1.54) is 23.5 Å². The molecule has 1 aromatic carbocycles. The van der Waals surface area contributed by atoms with Crippen LogP contribution in [0.3, 0.4) is 0 Å². The second kappa shape index (κ2) is 6.16. The predicted molar refractivity (Wildman–Crippen MR) is 91.2 cm³/mol. The quantitative estimate of drug-likeness (QED) is 0.902. The number of aromatic carboxylic acids is 1. The number of aromatic nitrogens is 1. The van der Waals surface area contributed by atoms with E-state index in [1.54, 1.807) is 0 Å². The largest absolute Gasteiger partial charge is 0.478 e. The van der Waals surface area contributed by atoms with Gasteiger partial charge in [-0.3, -0.25) is 0 Å². The smallest absolute Gasteiger partial charge is 0.339 e. The third-order valence-electron chi connectivity index (χ3n) is 4.10. The molecular formula is C17H20N4O2. The van der Waals surface area contributed by atoms with Crippen molar-refractivity contribution in [3.63, 3.8) is 0 Å². The zero-order valence-corrected chi connectivity index (χ0v) is 13.1. The molecule has 0 unspecified atom stereocenters. The number of benzene rings is 1. The molecule has 1 aliphatic heterocycles. The number of piperazine rings is 1. The van der Waals surface area contributed by atoms with Gasteiger partial charge in [0.25, 0.3) is 0 Å². The van der Waals surface area contributed by atoms with E-state index in [1.807, 2.05) is 4.90 Å². The Morgan fingerprint density at radius 3 is 2.35 bits per heavy atom. The van der Waals surface area contributed by atoms with Gasteiger partial charge in [-0.1, -0.05) is 17.7 Å². The van der Waals surface area contributed by atoms with E-state index in [9.17, 15) is 9.90 Å². The minimum atomic E-state index is -0.999. The second-order valence-corrected chi connectivity index (χ2v) is 5.75. The summed E-state index contributed by atoms with van der Waals surface area (Å²) in [6, 6.07) is 9.92. The van der Waals surface area contributed by atoms with Gasteiger partial charge in [-0.2, -0.15) is 0 Å². The number of carboxylic acids is 1. The van der Waals surface area contributed by atoms with Crippen LogP contribution in [0.25, 0.3) is 0 Å². The lowest BCUT2D eigenvalue weighted by Crippen LogP contribution is -2.47. The summed E-state index contributed by atoms with van der Waals surface area (Å²) in [6.07, 6.45) is 1.51. The molecule has 6 heteroatoms. The number of rotatable bonds is 3. The van der Waals surface area contributed by atoms with Crippen LogP contribution in [-0.2, 0) is 0 Å². The second-order valence-electron chi connectivity index (χ2n) is 5.75. The van der Waals surface area contributed by atoms with E-state index in [0.717, 1.165) is 26.2 Å². The topological polar surface area (TPSA) is 82.7 Å². The van der Waals surface area contributed by atoms with Gasteiger partial charge < -0.3 is 20.6 Å². The maximum atomic E-state index is 11.4. The molecule has 0 amide bonds. The fourth-order valence-electron chi connectivity index (χ4n) is 2.82. The average molecular weight is 312 g/mol. The Morgan fingerprint density at radius 2 is 1.74 bits per heavy atom. The van der Waals surface area contributed by atoms with Crippen molar-refractivity contribution in [3.8, 4) is 0 Å². The first kappa shape index (κ1) is 15.1.